The van der Waals surface area contributed by atoms with E-state index in [4.69, 9.17) is 4.74 Å². The number of rotatable bonds is 7. The minimum atomic E-state index is -4.61. The van der Waals surface area contributed by atoms with Crippen molar-refractivity contribution in [1.82, 2.24) is 9.88 Å². The van der Waals surface area contributed by atoms with Crippen LogP contribution in [0.4, 0.5) is 18.9 Å². The predicted molar refractivity (Wildman–Crippen MR) is 145 cm³/mol. The number of nitrogens with one attached hydrogen (secondary N) is 1. The molecular weight excluding hydrogens is 507 g/mol. The van der Waals surface area contributed by atoms with E-state index in [0.717, 1.165) is 37.3 Å². The van der Waals surface area contributed by atoms with Crippen molar-refractivity contribution in [2.24, 2.45) is 0 Å². The molecule has 0 spiro atoms. The molecule has 208 valence electrons. The number of piperidine rings is 1. The van der Waals surface area contributed by atoms with Crippen molar-refractivity contribution >= 4 is 11.6 Å². The Balaban J connectivity index is 1.51. The van der Waals surface area contributed by atoms with Gasteiger partial charge in [0.25, 0.3) is 5.91 Å². The molecule has 2 heterocycles. The molecule has 0 unspecified atom stereocenters. The summed E-state index contributed by atoms with van der Waals surface area (Å²) in [7, 11) is 0. The van der Waals surface area contributed by atoms with E-state index in [1.165, 1.54) is 43.7 Å². The largest absolute Gasteiger partial charge is 0.507 e. The number of alkyl halides is 3. The Hall–Kier alpha value is -3.59. The lowest BCUT2D eigenvalue weighted by atomic mass is 9.86. The Morgan fingerprint density at radius 3 is 2.44 bits per heavy atom. The quantitative estimate of drug-likeness (QED) is 0.341. The first-order valence-electron chi connectivity index (χ1n) is 13.1. The van der Waals surface area contributed by atoms with Gasteiger partial charge in [0.1, 0.15) is 18.1 Å². The zero-order valence-corrected chi connectivity index (χ0v) is 22.4. The molecule has 0 atom stereocenters. The van der Waals surface area contributed by atoms with Gasteiger partial charge in [-0.25, -0.2) is 0 Å². The number of phenolic OH excluding ortho intramolecular Hbond substituents is 1. The predicted octanol–water partition coefficient (Wildman–Crippen LogP) is 6.89. The molecule has 1 fully saturated rings. The number of nitrogens with zero attached hydrogens (tertiary/aromatic N) is 2. The lowest BCUT2D eigenvalue weighted by Gasteiger charge is -2.27. The van der Waals surface area contributed by atoms with E-state index in [-0.39, 0.29) is 22.2 Å². The number of carbonyl (C=O) groups excluding carboxylic acids is 1. The Labute approximate surface area is 226 Å². The van der Waals surface area contributed by atoms with Crippen molar-refractivity contribution in [3.05, 3.63) is 71.4 Å². The van der Waals surface area contributed by atoms with Gasteiger partial charge in [-0.05, 0) is 67.2 Å². The number of hydrogen-bond acceptors (Lipinski definition) is 5. The summed E-state index contributed by atoms with van der Waals surface area (Å²) in [5.74, 6) is -0.376. The van der Waals surface area contributed by atoms with Crippen LogP contribution in [-0.2, 0) is 11.6 Å². The summed E-state index contributed by atoms with van der Waals surface area (Å²) in [5, 5.41) is 13.3. The summed E-state index contributed by atoms with van der Waals surface area (Å²) < 4.78 is 46.4. The first-order valence-corrected chi connectivity index (χ1v) is 13.1. The molecule has 0 bridgehead atoms. The SMILES string of the molecule is CC(C)(C)c1ccc(NC(=O)c2ccc(-c3ncccc3C(F)(F)F)cc2O)cc1OCCN1CCCCC1. The molecule has 2 aromatic carbocycles. The number of pyridine rings is 1. The Morgan fingerprint density at radius 2 is 1.77 bits per heavy atom. The van der Waals surface area contributed by atoms with E-state index in [1.54, 1.807) is 12.1 Å². The molecule has 1 saturated heterocycles. The summed E-state index contributed by atoms with van der Waals surface area (Å²) in [6.45, 7) is 9.76. The van der Waals surface area contributed by atoms with Crippen LogP contribution < -0.4 is 10.1 Å². The zero-order valence-electron chi connectivity index (χ0n) is 22.4. The molecule has 2 N–H and O–H groups in total. The normalized spacial score (nSPS) is 14.7. The third-order valence-electron chi connectivity index (χ3n) is 6.79. The van der Waals surface area contributed by atoms with E-state index >= 15 is 0 Å². The number of carbonyl (C=O) groups is 1. The summed E-state index contributed by atoms with van der Waals surface area (Å²) in [5.41, 5.74) is 0.0321. The maximum Gasteiger partial charge on any atom is 0.418 e. The molecule has 0 aliphatic carbocycles. The summed E-state index contributed by atoms with van der Waals surface area (Å²) >= 11 is 0. The third-order valence-corrected chi connectivity index (χ3v) is 6.79. The minimum Gasteiger partial charge on any atom is -0.507 e. The number of benzene rings is 2. The second-order valence-corrected chi connectivity index (χ2v) is 10.8. The zero-order chi connectivity index (χ0) is 28.2. The van der Waals surface area contributed by atoms with Crippen LogP contribution in [0, 0.1) is 0 Å². The van der Waals surface area contributed by atoms with Crippen molar-refractivity contribution in [1.29, 1.82) is 0 Å². The van der Waals surface area contributed by atoms with Gasteiger partial charge in [-0.2, -0.15) is 13.2 Å². The molecule has 9 heteroatoms. The Kier molecular flexibility index (Phi) is 8.49. The highest BCUT2D eigenvalue weighted by Gasteiger charge is 2.34. The highest BCUT2D eigenvalue weighted by atomic mass is 19.4. The fourth-order valence-corrected chi connectivity index (χ4v) is 4.74. The van der Waals surface area contributed by atoms with Gasteiger partial charge in [0, 0.05) is 30.1 Å². The van der Waals surface area contributed by atoms with Crippen molar-refractivity contribution < 1.29 is 27.8 Å². The summed E-state index contributed by atoms with van der Waals surface area (Å²) in [6.07, 6.45) is 0.308. The highest BCUT2D eigenvalue weighted by Crippen LogP contribution is 2.37. The first kappa shape index (κ1) is 28.4. The van der Waals surface area contributed by atoms with Crippen LogP contribution in [0.5, 0.6) is 11.5 Å². The van der Waals surface area contributed by atoms with Crippen LogP contribution in [0.25, 0.3) is 11.3 Å². The van der Waals surface area contributed by atoms with Gasteiger partial charge in [0.15, 0.2) is 0 Å². The number of aromatic hydroxyl groups is 1. The van der Waals surface area contributed by atoms with Gasteiger partial charge < -0.3 is 15.2 Å². The average molecular weight is 542 g/mol. The van der Waals surface area contributed by atoms with E-state index in [0.29, 0.717) is 18.0 Å². The Morgan fingerprint density at radius 1 is 1.03 bits per heavy atom. The number of halogens is 3. The highest BCUT2D eigenvalue weighted by molar-refractivity contribution is 6.06. The lowest BCUT2D eigenvalue weighted by Crippen LogP contribution is -2.33. The molecule has 1 amide bonds. The van der Waals surface area contributed by atoms with Gasteiger partial charge in [-0.1, -0.05) is 39.3 Å². The van der Waals surface area contributed by atoms with Gasteiger partial charge >= 0.3 is 6.18 Å². The monoisotopic (exact) mass is 541 g/mol. The van der Waals surface area contributed by atoms with Crippen LogP contribution in [-0.4, -0.2) is 47.1 Å². The van der Waals surface area contributed by atoms with Crippen molar-refractivity contribution in [3.8, 4) is 22.8 Å². The van der Waals surface area contributed by atoms with E-state index in [9.17, 15) is 23.1 Å². The molecule has 4 rings (SSSR count). The maximum absolute atomic E-state index is 13.4. The number of anilines is 1. The van der Waals surface area contributed by atoms with Crippen LogP contribution in [0.2, 0.25) is 0 Å². The number of ether oxygens (including phenoxy) is 1. The van der Waals surface area contributed by atoms with E-state index in [2.05, 4.69) is 36.0 Å². The Bertz CT molecular complexity index is 1310. The standard InChI is InChI=1S/C30H34F3N3O3/c1-29(2,3)23-12-10-21(19-26(23)39-17-16-36-14-5-4-6-15-36)35-28(38)22-11-9-20(18-25(22)37)27-24(30(31,32)33)8-7-13-34-27/h7-13,18-19,37H,4-6,14-17H2,1-3H3,(H,35,38). The fraction of sp³-hybridized carbons (Fsp3) is 0.400. The average Bonchev–Trinajstić information content (AvgIpc) is 2.88. The van der Waals surface area contributed by atoms with Gasteiger partial charge in [-0.15, -0.1) is 0 Å². The van der Waals surface area contributed by atoms with Crippen molar-refractivity contribution in [3.63, 3.8) is 0 Å². The van der Waals surface area contributed by atoms with Crippen LogP contribution >= 0.6 is 0 Å². The number of amides is 1. The maximum atomic E-state index is 13.4. The second-order valence-electron chi connectivity index (χ2n) is 10.8. The summed E-state index contributed by atoms with van der Waals surface area (Å²) in [6, 6.07) is 11.3. The molecule has 6 nitrogen and oxygen atoms in total. The van der Waals surface area contributed by atoms with Crippen molar-refractivity contribution in [2.45, 2.75) is 51.6 Å². The van der Waals surface area contributed by atoms with Crippen LogP contribution in [0.1, 0.15) is 61.5 Å². The third kappa shape index (κ3) is 7.09. The van der Waals surface area contributed by atoms with Crippen molar-refractivity contribution in [2.75, 3.05) is 31.6 Å². The first-order chi connectivity index (χ1) is 18.4. The number of likely N-dealkylation sites (tertiary alicyclic amines) is 1. The molecule has 3 aromatic rings. The van der Waals surface area contributed by atoms with E-state index in [1.807, 2.05) is 6.07 Å². The molecule has 0 saturated carbocycles. The van der Waals surface area contributed by atoms with Gasteiger partial charge in [-0.3, -0.25) is 14.7 Å². The smallest absolute Gasteiger partial charge is 0.418 e. The molecular formula is C30H34F3N3O3. The van der Waals surface area contributed by atoms with Gasteiger partial charge in [0.2, 0.25) is 0 Å². The minimum absolute atomic E-state index is 0.0518. The van der Waals surface area contributed by atoms with Crippen LogP contribution in [0.15, 0.2) is 54.7 Å². The number of hydrogen-bond donors (Lipinski definition) is 2. The van der Waals surface area contributed by atoms with Crippen LogP contribution in [0.3, 0.4) is 0 Å². The molecule has 0 radical (unpaired) electrons. The number of aromatic nitrogens is 1. The molecule has 39 heavy (non-hydrogen) atoms. The fourth-order valence-electron chi connectivity index (χ4n) is 4.74. The molecule has 1 aliphatic heterocycles. The molecule has 1 aliphatic rings. The second kappa shape index (κ2) is 11.7. The topological polar surface area (TPSA) is 74.7 Å². The summed E-state index contributed by atoms with van der Waals surface area (Å²) in [4.78, 5) is 19.2. The lowest BCUT2D eigenvalue weighted by molar-refractivity contribution is -0.137. The van der Waals surface area contributed by atoms with Gasteiger partial charge in [0.05, 0.1) is 16.8 Å². The van der Waals surface area contributed by atoms with E-state index < -0.39 is 23.4 Å². The molecule has 1 aromatic heterocycles. The number of phenols is 1.